The first-order chi connectivity index (χ1) is 12.2. The topological polar surface area (TPSA) is 72.2 Å². The number of fused-ring (bicyclic) bond motifs is 1. The second-order valence-corrected chi connectivity index (χ2v) is 8.27. The van der Waals surface area contributed by atoms with Crippen molar-refractivity contribution in [3.63, 3.8) is 0 Å². The van der Waals surface area contributed by atoms with Crippen LogP contribution in [0.3, 0.4) is 0 Å². The standard InChI is InChI=1S/C19H18IN2O3/c1-2-3-12-20-19(24)22-15-10-6-4-8-13(15)17-21-16-11-7-5-9-14(16)18(23)25-17/h4-11H,2-3,12H2,1H3,(H,22,24)/q-1. The average Bonchev–Trinajstić information content (AvgIpc) is 2.62. The molecule has 130 valence electrons. The molecule has 0 saturated carbocycles. The Morgan fingerprint density at radius 1 is 1.16 bits per heavy atom. The van der Waals surface area contributed by atoms with E-state index in [4.69, 9.17) is 4.42 Å². The molecular weight excluding hydrogens is 431 g/mol. The fraction of sp³-hybridized carbons (Fsp3) is 0.211. The molecule has 0 unspecified atom stereocenters. The van der Waals surface area contributed by atoms with Crippen LogP contribution in [-0.2, 0) is 0 Å². The van der Waals surface area contributed by atoms with Gasteiger partial charge in [-0.15, -0.1) is 0 Å². The van der Waals surface area contributed by atoms with Crippen molar-refractivity contribution >= 4 is 20.5 Å². The third kappa shape index (κ3) is 4.25. The fourth-order valence-corrected chi connectivity index (χ4v) is 4.45. The quantitative estimate of drug-likeness (QED) is 0.202. The molecule has 0 aliphatic rings. The van der Waals surface area contributed by atoms with E-state index in [1.165, 1.54) is 0 Å². The summed E-state index contributed by atoms with van der Waals surface area (Å²) in [7, 11) is 0. The molecule has 0 spiro atoms. The number of anilines is 1. The number of alkyl halides is 1. The van der Waals surface area contributed by atoms with E-state index in [1.807, 2.05) is 18.2 Å². The summed E-state index contributed by atoms with van der Waals surface area (Å²) in [5, 5.41) is 3.39. The van der Waals surface area contributed by atoms with Gasteiger partial charge in [-0.05, 0) is 0 Å². The average molecular weight is 449 g/mol. The fourth-order valence-electron chi connectivity index (χ4n) is 2.34. The first kappa shape index (κ1) is 17.6. The number of amides is 1. The van der Waals surface area contributed by atoms with Crippen LogP contribution in [0.25, 0.3) is 22.4 Å². The third-order valence-corrected chi connectivity index (χ3v) is 5.89. The number of para-hydroxylation sites is 2. The summed E-state index contributed by atoms with van der Waals surface area (Å²) in [6, 6.07) is 14.3. The number of rotatable bonds is 6. The summed E-state index contributed by atoms with van der Waals surface area (Å²) >= 11 is -0.551. The number of unbranched alkanes of at least 4 members (excludes halogenated alkanes) is 1. The summed E-state index contributed by atoms with van der Waals surface area (Å²) in [5.74, 6) is 0.214. The summed E-state index contributed by atoms with van der Waals surface area (Å²) in [4.78, 5) is 28.8. The second-order valence-electron chi connectivity index (χ2n) is 5.44. The van der Waals surface area contributed by atoms with Gasteiger partial charge in [0, 0.05) is 0 Å². The first-order valence-corrected chi connectivity index (χ1v) is 10.7. The maximum atomic E-state index is 12.2. The van der Waals surface area contributed by atoms with Gasteiger partial charge in [0.2, 0.25) is 0 Å². The van der Waals surface area contributed by atoms with Crippen molar-refractivity contribution in [2.24, 2.45) is 0 Å². The van der Waals surface area contributed by atoms with Crippen molar-refractivity contribution < 1.29 is 30.4 Å². The molecule has 6 heteroatoms. The molecule has 3 aromatic rings. The van der Waals surface area contributed by atoms with E-state index >= 15 is 0 Å². The second kappa shape index (κ2) is 8.24. The van der Waals surface area contributed by atoms with E-state index in [1.54, 1.807) is 30.3 Å². The van der Waals surface area contributed by atoms with E-state index in [0.717, 1.165) is 17.3 Å². The number of carbonyl (C=O) groups excluding carboxylic acids is 1. The molecule has 0 radical (unpaired) electrons. The van der Waals surface area contributed by atoms with Gasteiger partial charge < -0.3 is 0 Å². The molecule has 0 aliphatic carbocycles. The van der Waals surface area contributed by atoms with E-state index in [2.05, 4.69) is 17.2 Å². The Hall–Kier alpha value is -2.22. The number of benzene rings is 2. The van der Waals surface area contributed by atoms with Gasteiger partial charge in [0.15, 0.2) is 0 Å². The predicted molar refractivity (Wildman–Crippen MR) is 94.5 cm³/mol. The van der Waals surface area contributed by atoms with Crippen LogP contribution in [0.15, 0.2) is 57.7 Å². The molecule has 1 N–H and O–H groups in total. The Balaban J connectivity index is 1.93. The van der Waals surface area contributed by atoms with Gasteiger partial charge in [0.05, 0.1) is 0 Å². The van der Waals surface area contributed by atoms with Gasteiger partial charge in [-0.25, -0.2) is 0 Å². The van der Waals surface area contributed by atoms with Gasteiger partial charge in [-0.3, -0.25) is 0 Å². The van der Waals surface area contributed by atoms with Crippen LogP contribution >= 0.6 is 0 Å². The molecule has 0 atom stereocenters. The normalized spacial score (nSPS) is 10.9. The molecule has 1 heterocycles. The molecule has 0 fully saturated rings. The molecule has 0 aliphatic heterocycles. The number of hydrogen-bond donors (Lipinski definition) is 1. The Labute approximate surface area is 155 Å². The predicted octanol–water partition coefficient (Wildman–Crippen LogP) is 1.28. The number of hydrogen-bond acceptors (Lipinski definition) is 4. The Kier molecular flexibility index (Phi) is 5.80. The minimum atomic E-state index is -0.551. The summed E-state index contributed by atoms with van der Waals surface area (Å²) in [6.07, 6.45) is 2.17. The minimum absolute atomic E-state index is 0.0582. The number of aromatic nitrogens is 1. The van der Waals surface area contributed by atoms with Crippen molar-refractivity contribution in [2.45, 2.75) is 19.8 Å². The van der Waals surface area contributed by atoms with Crippen LogP contribution < -0.4 is 32.1 Å². The SMILES string of the molecule is CCCC[I-]C(=O)Nc1ccccc1-c1nc2ccccc2c(=O)o1. The van der Waals surface area contributed by atoms with Crippen molar-refractivity contribution in [2.75, 3.05) is 9.74 Å². The van der Waals surface area contributed by atoms with Gasteiger partial charge in [0.25, 0.3) is 0 Å². The molecule has 0 saturated heterocycles. The van der Waals surface area contributed by atoms with Crippen molar-refractivity contribution in [3.05, 3.63) is 59.0 Å². The molecule has 2 aromatic carbocycles. The van der Waals surface area contributed by atoms with E-state index in [0.29, 0.717) is 22.2 Å². The van der Waals surface area contributed by atoms with Gasteiger partial charge in [-0.2, -0.15) is 0 Å². The van der Waals surface area contributed by atoms with E-state index in [9.17, 15) is 9.59 Å². The van der Waals surface area contributed by atoms with E-state index in [-0.39, 0.29) is 9.80 Å². The van der Waals surface area contributed by atoms with Crippen molar-refractivity contribution in [1.29, 1.82) is 0 Å². The first-order valence-electron chi connectivity index (χ1n) is 8.08. The molecular formula is C19H18IN2O3-. The molecule has 1 amide bonds. The van der Waals surface area contributed by atoms with Gasteiger partial charge >= 0.3 is 156 Å². The van der Waals surface area contributed by atoms with E-state index < -0.39 is 26.8 Å². The molecule has 3 rings (SSSR count). The number of nitrogens with zero attached hydrogens (tertiary/aromatic N) is 1. The summed E-state index contributed by atoms with van der Waals surface area (Å²) in [5.41, 5.74) is 1.37. The molecule has 1 aromatic heterocycles. The zero-order valence-electron chi connectivity index (χ0n) is 13.8. The Bertz CT molecular complexity index is 953. The summed E-state index contributed by atoms with van der Waals surface area (Å²) < 4.78 is 6.41. The number of halogens is 1. The van der Waals surface area contributed by atoms with Crippen LogP contribution in [-0.4, -0.2) is 13.3 Å². The number of nitrogens with one attached hydrogen (secondary N) is 1. The number of carbonyl (C=O) groups is 1. The molecule has 25 heavy (non-hydrogen) atoms. The van der Waals surface area contributed by atoms with Gasteiger partial charge in [-0.1, -0.05) is 0 Å². The Morgan fingerprint density at radius 3 is 2.76 bits per heavy atom. The monoisotopic (exact) mass is 449 g/mol. The zero-order valence-corrected chi connectivity index (χ0v) is 15.9. The zero-order chi connectivity index (χ0) is 17.6. The van der Waals surface area contributed by atoms with Crippen LogP contribution in [0.2, 0.25) is 0 Å². The summed E-state index contributed by atoms with van der Waals surface area (Å²) in [6.45, 7) is 2.12. The molecule has 0 bridgehead atoms. The van der Waals surface area contributed by atoms with Crippen LogP contribution in [0, 0.1) is 0 Å². The van der Waals surface area contributed by atoms with Crippen LogP contribution in [0.4, 0.5) is 10.5 Å². The third-order valence-electron chi connectivity index (χ3n) is 3.63. The van der Waals surface area contributed by atoms with Crippen molar-refractivity contribution in [1.82, 2.24) is 4.98 Å². The Morgan fingerprint density at radius 2 is 1.92 bits per heavy atom. The van der Waals surface area contributed by atoms with Crippen LogP contribution in [0.1, 0.15) is 19.8 Å². The van der Waals surface area contributed by atoms with Gasteiger partial charge in [0.1, 0.15) is 0 Å². The van der Waals surface area contributed by atoms with Crippen molar-refractivity contribution in [3.8, 4) is 11.5 Å². The maximum absolute atomic E-state index is 12.2. The van der Waals surface area contributed by atoms with Crippen LogP contribution in [0.5, 0.6) is 0 Å². The molecule has 5 nitrogen and oxygen atoms in total.